The molecule has 0 spiro atoms. The van der Waals surface area contributed by atoms with Gasteiger partial charge >= 0.3 is 0 Å². The van der Waals surface area contributed by atoms with Crippen LogP contribution in [0.2, 0.25) is 0 Å². The topological polar surface area (TPSA) is 58.1 Å². The van der Waals surface area contributed by atoms with Gasteiger partial charge in [-0.1, -0.05) is 6.42 Å². The molecule has 1 aromatic rings. The Morgan fingerprint density at radius 3 is 3.00 bits per heavy atom. The van der Waals surface area contributed by atoms with Gasteiger partial charge in [0, 0.05) is 7.05 Å². The van der Waals surface area contributed by atoms with E-state index in [-0.39, 0.29) is 11.9 Å². The second-order valence-electron chi connectivity index (χ2n) is 4.31. The second kappa shape index (κ2) is 5.55. The zero-order valence-corrected chi connectivity index (χ0v) is 11.1. The van der Waals surface area contributed by atoms with E-state index in [4.69, 9.17) is 0 Å². The van der Waals surface area contributed by atoms with E-state index >= 15 is 0 Å². The largest absolute Gasteiger partial charge is 0.358 e. The number of carbonyl (C=O) groups excluding carboxylic acids is 1. The molecule has 94 valence electrons. The van der Waals surface area contributed by atoms with Crippen LogP contribution < -0.4 is 5.32 Å². The molecule has 0 aliphatic carbocycles. The number of likely N-dealkylation sites (tertiary alicyclic amines) is 1. The molecular formula is C11H18N4OS. The number of rotatable bonds is 3. The van der Waals surface area contributed by atoms with Crippen molar-refractivity contribution >= 4 is 17.2 Å². The Hall–Kier alpha value is -1.01. The molecule has 1 aliphatic heterocycles. The van der Waals surface area contributed by atoms with Gasteiger partial charge in [-0.15, -0.1) is 21.5 Å². The summed E-state index contributed by atoms with van der Waals surface area (Å²) in [7, 11) is 1.70. The van der Waals surface area contributed by atoms with Gasteiger partial charge in [-0.2, -0.15) is 0 Å². The van der Waals surface area contributed by atoms with E-state index in [1.54, 1.807) is 18.4 Å². The van der Waals surface area contributed by atoms with E-state index in [9.17, 15) is 4.79 Å². The van der Waals surface area contributed by atoms with Gasteiger partial charge in [0.1, 0.15) is 10.0 Å². The number of hydrogen-bond acceptors (Lipinski definition) is 5. The third kappa shape index (κ3) is 3.01. The number of nitrogens with one attached hydrogen (secondary N) is 1. The highest BCUT2D eigenvalue weighted by atomic mass is 32.1. The first-order valence-electron chi connectivity index (χ1n) is 5.95. The van der Waals surface area contributed by atoms with Crippen LogP contribution in [0.3, 0.4) is 0 Å². The average Bonchev–Trinajstić information content (AvgIpc) is 2.74. The van der Waals surface area contributed by atoms with Gasteiger partial charge in [0.25, 0.3) is 0 Å². The van der Waals surface area contributed by atoms with Gasteiger partial charge in [-0.3, -0.25) is 9.69 Å². The molecule has 1 aromatic heterocycles. The molecule has 5 nitrogen and oxygen atoms in total. The summed E-state index contributed by atoms with van der Waals surface area (Å²) in [5, 5.41) is 12.9. The van der Waals surface area contributed by atoms with Crippen LogP contribution in [-0.2, 0) is 11.3 Å². The minimum atomic E-state index is -0.00189. The average molecular weight is 254 g/mol. The summed E-state index contributed by atoms with van der Waals surface area (Å²) in [4.78, 5) is 14.0. The molecular weight excluding hydrogens is 236 g/mol. The van der Waals surface area contributed by atoms with Gasteiger partial charge < -0.3 is 5.32 Å². The Balaban J connectivity index is 2.03. The van der Waals surface area contributed by atoms with E-state index in [1.807, 2.05) is 6.92 Å². The normalized spacial score (nSPS) is 21.4. The lowest BCUT2D eigenvalue weighted by molar-refractivity contribution is -0.127. The number of nitrogens with zero attached hydrogens (tertiary/aromatic N) is 3. The Bertz CT molecular complexity index is 393. The molecule has 1 atom stereocenters. The summed E-state index contributed by atoms with van der Waals surface area (Å²) in [6.45, 7) is 3.66. The number of aromatic nitrogens is 2. The number of carbonyl (C=O) groups is 1. The summed E-state index contributed by atoms with van der Waals surface area (Å²) in [6.07, 6.45) is 3.23. The number of piperidine rings is 1. The first-order chi connectivity index (χ1) is 8.20. The highest BCUT2D eigenvalue weighted by molar-refractivity contribution is 7.11. The minimum absolute atomic E-state index is 0.00189. The quantitative estimate of drug-likeness (QED) is 0.872. The fraction of sp³-hybridized carbons (Fsp3) is 0.727. The van der Waals surface area contributed by atoms with E-state index in [1.165, 1.54) is 0 Å². The Morgan fingerprint density at radius 2 is 2.35 bits per heavy atom. The van der Waals surface area contributed by atoms with E-state index in [0.717, 1.165) is 42.4 Å². The van der Waals surface area contributed by atoms with E-state index < -0.39 is 0 Å². The smallest absolute Gasteiger partial charge is 0.237 e. The lowest BCUT2D eigenvalue weighted by Crippen LogP contribution is -2.48. The van der Waals surface area contributed by atoms with Gasteiger partial charge in [0.05, 0.1) is 12.6 Å². The summed E-state index contributed by atoms with van der Waals surface area (Å²) < 4.78 is 0. The van der Waals surface area contributed by atoms with Crippen molar-refractivity contribution in [2.24, 2.45) is 0 Å². The van der Waals surface area contributed by atoms with Crippen LogP contribution in [0, 0.1) is 6.92 Å². The molecule has 17 heavy (non-hydrogen) atoms. The molecule has 1 amide bonds. The highest BCUT2D eigenvalue weighted by Gasteiger charge is 2.28. The van der Waals surface area contributed by atoms with Crippen molar-refractivity contribution in [3.63, 3.8) is 0 Å². The van der Waals surface area contributed by atoms with Crippen molar-refractivity contribution in [2.45, 2.75) is 38.8 Å². The van der Waals surface area contributed by atoms with Crippen LogP contribution in [-0.4, -0.2) is 40.6 Å². The fourth-order valence-corrected chi connectivity index (χ4v) is 2.95. The van der Waals surface area contributed by atoms with Crippen LogP contribution in [0.25, 0.3) is 0 Å². The number of aryl methyl sites for hydroxylation is 1. The molecule has 1 aliphatic rings. The maximum absolute atomic E-state index is 11.8. The predicted molar refractivity (Wildman–Crippen MR) is 66.8 cm³/mol. The third-order valence-electron chi connectivity index (χ3n) is 3.07. The van der Waals surface area contributed by atoms with Crippen LogP contribution in [0.1, 0.15) is 29.3 Å². The zero-order valence-electron chi connectivity index (χ0n) is 10.3. The molecule has 2 rings (SSSR count). The maximum atomic E-state index is 11.8. The molecule has 6 heteroatoms. The minimum Gasteiger partial charge on any atom is -0.358 e. The van der Waals surface area contributed by atoms with Crippen LogP contribution in [0.4, 0.5) is 0 Å². The monoisotopic (exact) mass is 254 g/mol. The lowest BCUT2D eigenvalue weighted by atomic mass is 10.0. The van der Waals surface area contributed by atoms with Crippen molar-refractivity contribution in [1.82, 2.24) is 20.4 Å². The van der Waals surface area contributed by atoms with Crippen LogP contribution >= 0.6 is 11.3 Å². The van der Waals surface area contributed by atoms with E-state index in [0.29, 0.717) is 0 Å². The van der Waals surface area contributed by atoms with Crippen LogP contribution in [0.5, 0.6) is 0 Å². The van der Waals surface area contributed by atoms with Crippen molar-refractivity contribution in [1.29, 1.82) is 0 Å². The summed E-state index contributed by atoms with van der Waals surface area (Å²) in [5.41, 5.74) is 0. The Labute approximate surface area is 105 Å². The zero-order chi connectivity index (χ0) is 12.3. The highest BCUT2D eigenvalue weighted by Crippen LogP contribution is 2.21. The Kier molecular flexibility index (Phi) is 4.06. The first-order valence-corrected chi connectivity index (χ1v) is 6.77. The summed E-state index contributed by atoms with van der Waals surface area (Å²) in [6, 6.07) is -0.00189. The summed E-state index contributed by atoms with van der Waals surface area (Å²) >= 11 is 1.61. The number of likely N-dealkylation sites (N-methyl/N-ethyl adjacent to an activating group) is 1. The molecule has 2 heterocycles. The molecule has 0 radical (unpaired) electrons. The fourth-order valence-electron chi connectivity index (χ4n) is 2.22. The number of amides is 1. The van der Waals surface area contributed by atoms with Gasteiger partial charge in [-0.25, -0.2) is 0 Å². The standard InChI is InChI=1S/C11H18N4OS/c1-8-13-14-10(17-8)7-15-6-4-3-5-9(15)11(16)12-2/h9H,3-7H2,1-2H3,(H,12,16)/t9-/m1/s1. The van der Waals surface area contributed by atoms with Crippen molar-refractivity contribution < 1.29 is 4.79 Å². The summed E-state index contributed by atoms with van der Waals surface area (Å²) in [5.74, 6) is 0.117. The molecule has 1 N–H and O–H groups in total. The van der Waals surface area contributed by atoms with Crippen molar-refractivity contribution in [3.8, 4) is 0 Å². The molecule has 1 saturated heterocycles. The van der Waals surface area contributed by atoms with Gasteiger partial charge in [0.15, 0.2) is 0 Å². The first kappa shape index (κ1) is 12.4. The maximum Gasteiger partial charge on any atom is 0.237 e. The third-order valence-corrected chi connectivity index (χ3v) is 3.89. The van der Waals surface area contributed by atoms with E-state index in [2.05, 4.69) is 20.4 Å². The van der Waals surface area contributed by atoms with Crippen LogP contribution in [0.15, 0.2) is 0 Å². The molecule has 0 aromatic carbocycles. The molecule has 1 fully saturated rings. The molecule has 0 bridgehead atoms. The molecule has 0 saturated carbocycles. The van der Waals surface area contributed by atoms with Gasteiger partial charge in [-0.05, 0) is 26.3 Å². The van der Waals surface area contributed by atoms with Crippen molar-refractivity contribution in [3.05, 3.63) is 10.0 Å². The van der Waals surface area contributed by atoms with Crippen molar-refractivity contribution in [2.75, 3.05) is 13.6 Å². The van der Waals surface area contributed by atoms with Gasteiger partial charge in [0.2, 0.25) is 5.91 Å². The number of hydrogen-bond donors (Lipinski definition) is 1. The lowest BCUT2D eigenvalue weighted by Gasteiger charge is -2.33. The predicted octanol–water partition coefficient (Wildman–Crippen LogP) is 0.947. The Morgan fingerprint density at radius 1 is 1.53 bits per heavy atom. The SMILES string of the molecule is CNC(=O)[C@H]1CCCCN1Cc1nnc(C)s1. The second-order valence-corrected chi connectivity index (χ2v) is 5.58. The molecule has 0 unspecified atom stereocenters.